The largest absolute Gasteiger partial charge is 0.481 e. The lowest BCUT2D eigenvalue weighted by Gasteiger charge is -2.13. The fourth-order valence-electron chi connectivity index (χ4n) is 3.42. The number of nitrogens with zero attached hydrogens (tertiary/aromatic N) is 1. The molecule has 0 aliphatic rings. The third-order valence-corrected chi connectivity index (χ3v) is 5.06. The topological polar surface area (TPSA) is 89.6 Å². The van der Waals surface area contributed by atoms with Gasteiger partial charge in [-0.25, -0.2) is 14.6 Å². The standard InChI is InChI=1S/C27H25N3O4/c1-3-33-26(31)17-34-25-16-24(19-7-5-4-6-8-19)30-23-14-13-21(15-22(23)25)29-27(32)28-20-11-9-18(2)10-12-20/h4-16H,3,17H2,1-2H3,(H2,28,29,32). The predicted octanol–water partition coefficient (Wildman–Crippen LogP) is 5.80. The maximum absolute atomic E-state index is 12.5. The lowest BCUT2D eigenvalue weighted by atomic mass is 10.1. The van der Waals surface area contributed by atoms with Crippen LogP contribution >= 0.6 is 0 Å². The highest BCUT2D eigenvalue weighted by Gasteiger charge is 2.13. The molecule has 0 radical (unpaired) electrons. The summed E-state index contributed by atoms with van der Waals surface area (Å²) in [6.45, 7) is 3.77. The summed E-state index contributed by atoms with van der Waals surface area (Å²) < 4.78 is 10.8. The Balaban J connectivity index is 1.62. The smallest absolute Gasteiger partial charge is 0.344 e. The maximum atomic E-state index is 12.5. The molecule has 7 heteroatoms. The summed E-state index contributed by atoms with van der Waals surface area (Å²) in [5.41, 5.74) is 4.67. The van der Waals surface area contributed by atoms with E-state index in [-0.39, 0.29) is 19.2 Å². The van der Waals surface area contributed by atoms with Crippen molar-refractivity contribution in [3.8, 4) is 17.0 Å². The average molecular weight is 456 g/mol. The first-order valence-corrected chi connectivity index (χ1v) is 10.9. The first kappa shape index (κ1) is 22.8. The molecule has 0 fully saturated rings. The first-order chi connectivity index (χ1) is 16.5. The van der Waals surface area contributed by atoms with Gasteiger partial charge in [-0.3, -0.25) is 0 Å². The van der Waals surface area contributed by atoms with Crippen molar-refractivity contribution < 1.29 is 19.1 Å². The van der Waals surface area contributed by atoms with Crippen molar-refractivity contribution in [2.75, 3.05) is 23.8 Å². The van der Waals surface area contributed by atoms with Crippen molar-refractivity contribution in [3.05, 3.63) is 84.4 Å². The van der Waals surface area contributed by atoms with Crippen molar-refractivity contribution in [3.63, 3.8) is 0 Å². The van der Waals surface area contributed by atoms with Crippen LogP contribution < -0.4 is 15.4 Å². The van der Waals surface area contributed by atoms with E-state index in [1.54, 1.807) is 31.2 Å². The molecular formula is C27H25N3O4. The molecule has 4 aromatic rings. The summed E-state index contributed by atoms with van der Waals surface area (Å²) in [7, 11) is 0. The molecule has 0 unspecified atom stereocenters. The number of fused-ring (bicyclic) bond motifs is 1. The van der Waals surface area contributed by atoms with Gasteiger partial charge < -0.3 is 20.1 Å². The van der Waals surface area contributed by atoms with Gasteiger partial charge in [-0.05, 0) is 44.2 Å². The highest BCUT2D eigenvalue weighted by molar-refractivity contribution is 6.01. The zero-order valence-corrected chi connectivity index (χ0v) is 19.0. The molecule has 0 aliphatic heterocycles. The van der Waals surface area contributed by atoms with E-state index in [0.29, 0.717) is 33.7 Å². The first-order valence-electron chi connectivity index (χ1n) is 10.9. The number of nitrogens with one attached hydrogen (secondary N) is 2. The van der Waals surface area contributed by atoms with E-state index in [9.17, 15) is 9.59 Å². The Bertz CT molecular complexity index is 1310. The molecular weight excluding hydrogens is 430 g/mol. The van der Waals surface area contributed by atoms with Crippen LogP contribution in [0.4, 0.5) is 16.2 Å². The van der Waals surface area contributed by atoms with Crippen molar-refractivity contribution in [1.82, 2.24) is 4.98 Å². The monoisotopic (exact) mass is 455 g/mol. The number of pyridine rings is 1. The molecule has 4 rings (SSSR count). The molecule has 1 aromatic heterocycles. The van der Waals surface area contributed by atoms with Gasteiger partial charge in [0.15, 0.2) is 6.61 Å². The number of benzene rings is 3. The zero-order valence-electron chi connectivity index (χ0n) is 19.0. The molecule has 3 aromatic carbocycles. The summed E-state index contributed by atoms with van der Waals surface area (Å²) in [6, 6.07) is 24.0. The van der Waals surface area contributed by atoms with Crippen LogP contribution in [0.3, 0.4) is 0 Å². The second kappa shape index (κ2) is 10.5. The molecule has 0 atom stereocenters. The van der Waals surface area contributed by atoms with E-state index in [4.69, 9.17) is 14.5 Å². The number of hydrogen-bond donors (Lipinski definition) is 2. The predicted molar refractivity (Wildman–Crippen MR) is 133 cm³/mol. The number of rotatable bonds is 7. The number of carbonyl (C=O) groups excluding carboxylic acids is 2. The van der Waals surface area contributed by atoms with E-state index in [1.807, 2.05) is 61.5 Å². The Morgan fingerprint density at radius 3 is 2.32 bits per heavy atom. The van der Waals surface area contributed by atoms with Gasteiger partial charge in [0.05, 0.1) is 17.8 Å². The number of ether oxygens (including phenoxy) is 2. The molecule has 172 valence electrons. The molecule has 0 saturated heterocycles. The summed E-state index contributed by atoms with van der Waals surface area (Å²) in [5, 5.41) is 6.30. The third-order valence-electron chi connectivity index (χ3n) is 5.06. The molecule has 2 amide bonds. The molecule has 0 aliphatic carbocycles. The van der Waals surface area contributed by atoms with E-state index in [1.165, 1.54) is 0 Å². The minimum absolute atomic E-state index is 0.229. The number of hydrogen-bond acceptors (Lipinski definition) is 5. The second-order valence-electron chi connectivity index (χ2n) is 7.64. The number of anilines is 2. The van der Waals surface area contributed by atoms with Crippen LogP contribution in [0, 0.1) is 6.92 Å². The SMILES string of the molecule is CCOC(=O)COc1cc(-c2ccccc2)nc2ccc(NC(=O)Nc3ccc(C)cc3)cc12. The van der Waals surface area contributed by atoms with Crippen molar-refractivity contribution in [1.29, 1.82) is 0 Å². The number of aromatic nitrogens is 1. The molecule has 0 saturated carbocycles. The van der Waals surface area contributed by atoms with Crippen molar-refractivity contribution in [2.45, 2.75) is 13.8 Å². The number of carbonyl (C=O) groups is 2. The number of aryl methyl sites for hydroxylation is 1. The summed E-state index contributed by atoms with van der Waals surface area (Å²) in [5.74, 6) is 0.0139. The normalized spacial score (nSPS) is 10.5. The average Bonchev–Trinajstić information content (AvgIpc) is 2.84. The minimum atomic E-state index is -0.458. The van der Waals surface area contributed by atoms with Gasteiger partial charge in [0.1, 0.15) is 5.75 Å². The van der Waals surface area contributed by atoms with Crippen LogP contribution in [0.1, 0.15) is 12.5 Å². The molecule has 1 heterocycles. The van der Waals surface area contributed by atoms with E-state index in [2.05, 4.69) is 10.6 Å². The van der Waals surface area contributed by atoms with E-state index >= 15 is 0 Å². The summed E-state index contributed by atoms with van der Waals surface area (Å²) in [4.78, 5) is 29.1. The van der Waals surface area contributed by atoms with Crippen LogP contribution in [0.25, 0.3) is 22.2 Å². The van der Waals surface area contributed by atoms with Crippen LogP contribution in [0.15, 0.2) is 78.9 Å². The molecule has 7 nitrogen and oxygen atoms in total. The fourth-order valence-corrected chi connectivity index (χ4v) is 3.42. The fraction of sp³-hybridized carbons (Fsp3) is 0.148. The van der Waals surface area contributed by atoms with Gasteiger partial charge >= 0.3 is 12.0 Å². The van der Waals surface area contributed by atoms with Gasteiger partial charge in [0, 0.05) is 28.4 Å². The minimum Gasteiger partial charge on any atom is -0.481 e. The lowest BCUT2D eigenvalue weighted by molar-refractivity contribution is -0.145. The zero-order chi connectivity index (χ0) is 23.9. The van der Waals surface area contributed by atoms with Crippen LogP contribution in [-0.2, 0) is 9.53 Å². The summed E-state index contributed by atoms with van der Waals surface area (Å²) >= 11 is 0. The number of esters is 1. The lowest BCUT2D eigenvalue weighted by Crippen LogP contribution is -2.19. The van der Waals surface area contributed by atoms with Crippen LogP contribution in [-0.4, -0.2) is 30.2 Å². The highest BCUT2D eigenvalue weighted by atomic mass is 16.6. The Hall–Kier alpha value is -4.39. The number of urea groups is 1. The van der Waals surface area contributed by atoms with Gasteiger partial charge in [0.25, 0.3) is 0 Å². The molecule has 0 spiro atoms. The van der Waals surface area contributed by atoms with Crippen molar-refractivity contribution in [2.24, 2.45) is 0 Å². The second-order valence-corrected chi connectivity index (χ2v) is 7.64. The molecule has 0 bridgehead atoms. The quantitative estimate of drug-likeness (QED) is 0.344. The Morgan fingerprint density at radius 1 is 0.882 bits per heavy atom. The van der Waals surface area contributed by atoms with E-state index < -0.39 is 5.97 Å². The highest BCUT2D eigenvalue weighted by Crippen LogP contribution is 2.32. The van der Waals surface area contributed by atoms with Crippen molar-refractivity contribution >= 4 is 34.3 Å². The Kier molecular flexibility index (Phi) is 7.03. The van der Waals surface area contributed by atoms with Gasteiger partial charge in [-0.15, -0.1) is 0 Å². The van der Waals surface area contributed by atoms with Crippen LogP contribution in [0.2, 0.25) is 0 Å². The van der Waals surface area contributed by atoms with Gasteiger partial charge in [0.2, 0.25) is 0 Å². The molecule has 34 heavy (non-hydrogen) atoms. The van der Waals surface area contributed by atoms with E-state index in [0.717, 1.165) is 11.1 Å². The Morgan fingerprint density at radius 2 is 1.59 bits per heavy atom. The molecule has 2 N–H and O–H groups in total. The van der Waals surface area contributed by atoms with Gasteiger partial charge in [-0.2, -0.15) is 0 Å². The van der Waals surface area contributed by atoms with Crippen LogP contribution in [0.5, 0.6) is 5.75 Å². The Labute approximate surface area is 197 Å². The van der Waals surface area contributed by atoms with Gasteiger partial charge in [-0.1, -0.05) is 48.0 Å². The summed E-state index contributed by atoms with van der Waals surface area (Å²) in [6.07, 6.45) is 0. The number of amides is 2. The maximum Gasteiger partial charge on any atom is 0.344 e. The third kappa shape index (κ3) is 5.69.